The van der Waals surface area contributed by atoms with Crippen LogP contribution in [0.3, 0.4) is 0 Å². The molecule has 37 heavy (non-hydrogen) atoms. The van der Waals surface area contributed by atoms with E-state index in [1.807, 2.05) is 27.7 Å². The van der Waals surface area contributed by atoms with E-state index in [-0.39, 0.29) is 47.3 Å². The summed E-state index contributed by atoms with van der Waals surface area (Å²) < 4.78 is 47.1. The normalized spacial score (nSPS) is 16.3. The molecule has 0 aliphatic heterocycles. The second kappa shape index (κ2) is 19.0. The van der Waals surface area contributed by atoms with Gasteiger partial charge in [-0.25, -0.2) is 8.42 Å². The van der Waals surface area contributed by atoms with Crippen molar-refractivity contribution in [3.05, 3.63) is 0 Å². The summed E-state index contributed by atoms with van der Waals surface area (Å²) in [4.78, 5) is 25.6. The van der Waals surface area contributed by atoms with Crippen LogP contribution in [0.15, 0.2) is 0 Å². The number of carbonyl (C=O) groups excluding carboxylic acids is 2. The topological polar surface area (TPSA) is 110 Å². The number of esters is 2. The Balaban J connectivity index is 0. The zero-order chi connectivity index (χ0) is 28.2. The molecule has 5 unspecified atom stereocenters. The van der Waals surface area contributed by atoms with Gasteiger partial charge in [0.05, 0.1) is 6.42 Å². The van der Waals surface area contributed by atoms with Crippen LogP contribution in [0.1, 0.15) is 114 Å². The maximum absolute atomic E-state index is 12.9. The SMILES string of the molecule is CC(C)CC(C)CC(CC(C)C)OC(=O)CC(C(=O)OC(CC(C)C)CC(C)CC(C)C)S(=O)(=O)[O-].[Na+]. The third-order valence-electron chi connectivity index (χ3n) is 6.09. The second-order valence-corrected chi connectivity index (χ2v) is 14.1. The molecule has 0 aromatic heterocycles. The fourth-order valence-corrected chi connectivity index (χ4v) is 5.70. The Morgan fingerprint density at radius 2 is 0.973 bits per heavy atom. The van der Waals surface area contributed by atoms with Crippen LogP contribution in [-0.4, -0.2) is 42.4 Å². The Morgan fingerprint density at radius 3 is 1.30 bits per heavy atom. The van der Waals surface area contributed by atoms with Gasteiger partial charge >= 0.3 is 41.5 Å². The zero-order valence-electron chi connectivity index (χ0n) is 25.4. The van der Waals surface area contributed by atoms with Crippen molar-refractivity contribution in [2.24, 2.45) is 35.5 Å². The first-order chi connectivity index (χ1) is 16.4. The minimum atomic E-state index is -5.10. The van der Waals surface area contributed by atoms with Gasteiger partial charge in [0.2, 0.25) is 0 Å². The Morgan fingerprint density at radius 1 is 0.622 bits per heavy atom. The van der Waals surface area contributed by atoms with E-state index in [0.29, 0.717) is 43.4 Å². The Hall–Kier alpha value is -0.150. The quantitative estimate of drug-likeness (QED) is 0.145. The first kappa shape index (κ1) is 39.0. The molecular formula is C28H53NaO7S. The monoisotopic (exact) mass is 556 g/mol. The molecule has 214 valence electrons. The predicted octanol–water partition coefficient (Wildman–Crippen LogP) is 3.35. The molecule has 0 heterocycles. The van der Waals surface area contributed by atoms with Crippen LogP contribution < -0.4 is 29.6 Å². The van der Waals surface area contributed by atoms with Crippen molar-refractivity contribution in [1.29, 1.82) is 0 Å². The smallest absolute Gasteiger partial charge is 0.747 e. The van der Waals surface area contributed by atoms with Gasteiger partial charge in [-0.05, 0) is 74.0 Å². The molecule has 0 rings (SSSR count). The van der Waals surface area contributed by atoms with Gasteiger partial charge in [0, 0.05) is 0 Å². The Kier molecular flexibility index (Phi) is 20.0. The van der Waals surface area contributed by atoms with Crippen LogP contribution in [0.2, 0.25) is 0 Å². The molecule has 0 N–H and O–H groups in total. The molecule has 7 nitrogen and oxygen atoms in total. The first-order valence-electron chi connectivity index (χ1n) is 13.7. The summed E-state index contributed by atoms with van der Waals surface area (Å²) in [6.45, 7) is 20.7. The zero-order valence-corrected chi connectivity index (χ0v) is 28.2. The molecule has 0 aliphatic rings. The maximum Gasteiger partial charge on any atom is 1.00 e. The van der Waals surface area contributed by atoms with Gasteiger partial charge < -0.3 is 14.0 Å². The molecule has 0 fully saturated rings. The third-order valence-corrected chi connectivity index (χ3v) is 7.15. The number of ether oxygens (including phenoxy) is 2. The standard InChI is InChI=1S/C28H54O7S.Na/c1-18(2)11-22(9)15-24(13-20(5)6)34-27(29)17-26(36(31,32)33)28(30)35-25(14-21(7)8)16-23(10)12-19(3)4;/h18-26H,11-17H2,1-10H3,(H,31,32,33);/q;+1/p-1. The van der Waals surface area contributed by atoms with Crippen molar-refractivity contribution in [3.63, 3.8) is 0 Å². The first-order valence-corrected chi connectivity index (χ1v) is 15.2. The number of hydrogen-bond acceptors (Lipinski definition) is 7. The Bertz CT molecular complexity index is 750. The molecule has 5 atom stereocenters. The number of carbonyl (C=O) groups is 2. The fraction of sp³-hybridized carbons (Fsp3) is 0.929. The van der Waals surface area contributed by atoms with Gasteiger partial charge in [-0.2, -0.15) is 0 Å². The van der Waals surface area contributed by atoms with Crippen LogP contribution in [0.5, 0.6) is 0 Å². The fourth-order valence-electron chi connectivity index (χ4n) is 5.06. The molecule has 0 aromatic carbocycles. The molecule has 0 saturated carbocycles. The van der Waals surface area contributed by atoms with Crippen LogP contribution in [-0.2, 0) is 29.2 Å². The van der Waals surface area contributed by atoms with Crippen molar-refractivity contribution in [2.75, 3.05) is 0 Å². The van der Waals surface area contributed by atoms with Gasteiger partial charge in [0.15, 0.2) is 5.25 Å². The van der Waals surface area contributed by atoms with Gasteiger partial charge in [-0.1, -0.05) is 69.2 Å². The summed E-state index contributed by atoms with van der Waals surface area (Å²) in [5.74, 6) is 0.0247. The van der Waals surface area contributed by atoms with Gasteiger partial charge in [0.1, 0.15) is 22.3 Å². The average molecular weight is 557 g/mol. The molecule has 0 spiro atoms. The van der Waals surface area contributed by atoms with E-state index in [9.17, 15) is 22.6 Å². The van der Waals surface area contributed by atoms with Crippen LogP contribution in [0.25, 0.3) is 0 Å². The summed E-state index contributed by atoms with van der Waals surface area (Å²) in [7, 11) is -5.10. The molecular weight excluding hydrogens is 503 g/mol. The van der Waals surface area contributed by atoms with Crippen molar-refractivity contribution < 1.29 is 61.6 Å². The van der Waals surface area contributed by atoms with Gasteiger partial charge in [0.25, 0.3) is 0 Å². The minimum Gasteiger partial charge on any atom is -0.747 e. The maximum atomic E-state index is 12.9. The van der Waals surface area contributed by atoms with Crippen LogP contribution in [0.4, 0.5) is 0 Å². The molecule has 0 amide bonds. The summed E-state index contributed by atoms with van der Waals surface area (Å²) in [5.41, 5.74) is 0. The molecule has 9 heteroatoms. The van der Waals surface area contributed by atoms with E-state index in [0.717, 1.165) is 12.8 Å². The van der Waals surface area contributed by atoms with E-state index in [4.69, 9.17) is 9.47 Å². The van der Waals surface area contributed by atoms with E-state index >= 15 is 0 Å². The average Bonchev–Trinajstić information content (AvgIpc) is 2.62. The summed E-state index contributed by atoms with van der Waals surface area (Å²) in [5, 5.41) is -2.10. The molecule has 0 radical (unpaired) electrons. The summed E-state index contributed by atoms with van der Waals surface area (Å²) in [6, 6.07) is 0. The molecule has 0 bridgehead atoms. The second-order valence-electron chi connectivity index (χ2n) is 12.6. The van der Waals surface area contributed by atoms with Gasteiger partial charge in [-0.15, -0.1) is 0 Å². The molecule has 0 aromatic rings. The minimum absolute atomic E-state index is 0. The number of rotatable bonds is 18. The predicted molar refractivity (Wildman–Crippen MR) is 143 cm³/mol. The van der Waals surface area contributed by atoms with Gasteiger partial charge in [-0.3, -0.25) is 9.59 Å². The summed E-state index contributed by atoms with van der Waals surface area (Å²) in [6.07, 6.45) is 2.56. The van der Waals surface area contributed by atoms with Crippen LogP contribution >= 0.6 is 0 Å². The van der Waals surface area contributed by atoms with E-state index < -0.39 is 45.9 Å². The molecule has 0 saturated heterocycles. The number of hydrogen-bond donors (Lipinski definition) is 0. The Labute approximate surface area is 249 Å². The third kappa shape index (κ3) is 19.5. The van der Waals surface area contributed by atoms with Crippen molar-refractivity contribution in [3.8, 4) is 0 Å². The largest absolute Gasteiger partial charge is 1.00 e. The summed E-state index contributed by atoms with van der Waals surface area (Å²) >= 11 is 0. The van der Waals surface area contributed by atoms with E-state index in [1.165, 1.54) is 0 Å². The van der Waals surface area contributed by atoms with Crippen LogP contribution in [0, 0.1) is 35.5 Å². The molecule has 0 aliphatic carbocycles. The van der Waals surface area contributed by atoms with Crippen molar-refractivity contribution in [1.82, 2.24) is 0 Å². The van der Waals surface area contributed by atoms with Crippen molar-refractivity contribution >= 4 is 22.1 Å². The van der Waals surface area contributed by atoms with E-state index in [1.54, 1.807) is 0 Å². The van der Waals surface area contributed by atoms with Crippen molar-refractivity contribution in [2.45, 2.75) is 132 Å². The van der Waals surface area contributed by atoms with E-state index in [2.05, 4.69) is 41.5 Å².